The molecule has 0 fully saturated rings. The zero-order chi connectivity index (χ0) is 16.4. The van der Waals surface area contributed by atoms with E-state index in [9.17, 15) is 14.0 Å². The number of nitrogens with one attached hydrogen (secondary N) is 1. The van der Waals surface area contributed by atoms with Gasteiger partial charge in [-0.1, -0.05) is 17.7 Å². The van der Waals surface area contributed by atoms with Gasteiger partial charge in [0.25, 0.3) is 0 Å². The van der Waals surface area contributed by atoms with Crippen molar-refractivity contribution in [2.45, 2.75) is 19.9 Å². The van der Waals surface area contributed by atoms with Gasteiger partial charge in [0.1, 0.15) is 5.82 Å². The number of urea groups is 1. The smallest absolute Gasteiger partial charge is 0.338 e. The van der Waals surface area contributed by atoms with E-state index in [-0.39, 0.29) is 22.8 Å². The second kappa shape index (κ2) is 6.36. The SMILES string of the molecule is CCOC(=O)C1=C(C)N(C)C(=O)N[C@@H]1c1c(F)cccc1Cl. The second-order valence-corrected chi connectivity index (χ2v) is 5.20. The zero-order valence-corrected chi connectivity index (χ0v) is 13.2. The molecule has 1 aliphatic heterocycles. The molecule has 0 spiro atoms. The van der Waals surface area contributed by atoms with Crippen molar-refractivity contribution in [1.82, 2.24) is 10.2 Å². The van der Waals surface area contributed by atoms with E-state index >= 15 is 0 Å². The van der Waals surface area contributed by atoms with Gasteiger partial charge in [0.15, 0.2) is 0 Å². The van der Waals surface area contributed by atoms with Gasteiger partial charge in [0.2, 0.25) is 0 Å². The van der Waals surface area contributed by atoms with E-state index in [0.29, 0.717) is 5.70 Å². The van der Waals surface area contributed by atoms with Crippen molar-refractivity contribution in [2.75, 3.05) is 13.7 Å². The molecule has 7 heteroatoms. The second-order valence-electron chi connectivity index (χ2n) is 4.80. The van der Waals surface area contributed by atoms with Crippen molar-refractivity contribution in [2.24, 2.45) is 0 Å². The number of amides is 2. The van der Waals surface area contributed by atoms with Gasteiger partial charge < -0.3 is 15.0 Å². The average Bonchev–Trinajstić information content (AvgIpc) is 2.45. The van der Waals surface area contributed by atoms with Crippen LogP contribution >= 0.6 is 11.6 Å². The molecule has 0 aromatic heterocycles. The van der Waals surface area contributed by atoms with Gasteiger partial charge in [-0.25, -0.2) is 14.0 Å². The molecule has 5 nitrogen and oxygen atoms in total. The Balaban J connectivity index is 2.61. The number of rotatable bonds is 3. The van der Waals surface area contributed by atoms with E-state index in [1.807, 2.05) is 0 Å². The van der Waals surface area contributed by atoms with Crippen molar-refractivity contribution >= 4 is 23.6 Å². The molecule has 1 aliphatic rings. The van der Waals surface area contributed by atoms with E-state index in [1.165, 1.54) is 30.1 Å². The number of allylic oxidation sites excluding steroid dienone is 1. The lowest BCUT2D eigenvalue weighted by Gasteiger charge is -2.33. The summed E-state index contributed by atoms with van der Waals surface area (Å²) in [5.41, 5.74) is 0.607. The summed E-state index contributed by atoms with van der Waals surface area (Å²) in [6.45, 7) is 3.45. The molecule has 0 saturated carbocycles. The van der Waals surface area contributed by atoms with Gasteiger partial charge in [0.05, 0.1) is 18.2 Å². The third kappa shape index (κ3) is 2.78. The van der Waals surface area contributed by atoms with Crippen LogP contribution in [0.15, 0.2) is 29.5 Å². The van der Waals surface area contributed by atoms with Crippen LogP contribution in [0.3, 0.4) is 0 Å². The van der Waals surface area contributed by atoms with E-state index in [2.05, 4.69) is 5.32 Å². The molecule has 0 aliphatic carbocycles. The van der Waals surface area contributed by atoms with Crippen molar-refractivity contribution in [3.8, 4) is 0 Å². The summed E-state index contributed by atoms with van der Waals surface area (Å²) >= 11 is 6.06. The van der Waals surface area contributed by atoms with Crippen LogP contribution in [0.4, 0.5) is 9.18 Å². The Kier molecular flexibility index (Phi) is 4.71. The zero-order valence-electron chi connectivity index (χ0n) is 12.4. The summed E-state index contributed by atoms with van der Waals surface area (Å²) in [4.78, 5) is 25.5. The standard InChI is InChI=1S/C15H16ClFN2O3/c1-4-22-14(20)11-8(2)19(3)15(21)18-13(11)12-9(16)6-5-7-10(12)17/h5-7,13H,4H2,1-3H3,(H,18,21)/t13-/m0/s1. The first-order valence-electron chi connectivity index (χ1n) is 6.74. The number of carbonyl (C=O) groups is 2. The molecule has 2 amide bonds. The third-order valence-corrected chi connectivity index (χ3v) is 3.87. The van der Waals surface area contributed by atoms with Gasteiger partial charge >= 0.3 is 12.0 Å². The number of halogens is 2. The Morgan fingerprint density at radius 3 is 2.77 bits per heavy atom. The summed E-state index contributed by atoms with van der Waals surface area (Å²) < 4.78 is 19.2. The first-order valence-corrected chi connectivity index (χ1v) is 7.12. The fraction of sp³-hybridized carbons (Fsp3) is 0.333. The van der Waals surface area contributed by atoms with E-state index < -0.39 is 23.9 Å². The average molecular weight is 327 g/mol. The van der Waals surface area contributed by atoms with E-state index in [4.69, 9.17) is 16.3 Å². The Bertz CT molecular complexity index is 640. The molecule has 22 heavy (non-hydrogen) atoms. The number of benzene rings is 1. The van der Waals surface area contributed by atoms with Crippen LogP contribution in [0.2, 0.25) is 5.02 Å². The third-order valence-electron chi connectivity index (χ3n) is 3.54. The van der Waals surface area contributed by atoms with Crippen LogP contribution < -0.4 is 5.32 Å². The molecule has 1 aromatic rings. The van der Waals surface area contributed by atoms with Crippen molar-refractivity contribution in [3.05, 3.63) is 45.9 Å². The number of esters is 1. The molecule has 1 atom stereocenters. The van der Waals surface area contributed by atoms with Crippen LogP contribution in [0.25, 0.3) is 0 Å². The molecule has 0 saturated heterocycles. The number of ether oxygens (including phenoxy) is 1. The maximum atomic E-state index is 14.2. The fourth-order valence-corrected chi connectivity index (χ4v) is 2.58. The lowest BCUT2D eigenvalue weighted by Crippen LogP contribution is -2.46. The predicted octanol–water partition coefficient (Wildman–Crippen LogP) is 3.01. The molecule has 118 valence electrons. The number of carbonyl (C=O) groups excluding carboxylic acids is 2. The minimum absolute atomic E-state index is 0.0491. The van der Waals surface area contributed by atoms with Gasteiger partial charge in [-0.05, 0) is 26.0 Å². The van der Waals surface area contributed by atoms with Crippen LogP contribution in [0.5, 0.6) is 0 Å². The molecule has 1 aromatic carbocycles. The summed E-state index contributed by atoms with van der Waals surface area (Å²) in [5.74, 6) is -1.21. The Morgan fingerprint density at radius 2 is 2.18 bits per heavy atom. The molecule has 1 N–H and O–H groups in total. The highest BCUT2D eigenvalue weighted by atomic mass is 35.5. The van der Waals surface area contributed by atoms with Gasteiger partial charge in [0, 0.05) is 23.3 Å². The molecule has 0 radical (unpaired) electrons. The van der Waals surface area contributed by atoms with Crippen molar-refractivity contribution in [1.29, 1.82) is 0 Å². The number of nitrogens with zero attached hydrogens (tertiary/aromatic N) is 1. The minimum Gasteiger partial charge on any atom is -0.463 e. The largest absolute Gasteiger partial charge is 0.463 e. The number of hydrogen-bond donors (Lipinski definition) is 1. The highest BCUT2D eigenvalue weighted by Crippen LogP contribution is 2.35. The Morgan fingerprint density at radius 1 is 1.50 bits per heavy atom. The quantitative estimate of drug-likeness (QED) is 0.869. The van der Waals surface area contributed by atoms with Gasteiger partial charge in [-0.15, -0.1) is 0 Å². The summed E-state index contributed by atoms with van der Waals surface area (Å²) in [5, 5.41) is 2.72. The predicted molar refractivity (Wildman–Crippen MR) is 79.8 cm³/mol. The summed E-state index contributed by atoms with van der Waals surface area (Å²) in [7, 11) is 1.52. The lowest BCUT2D eigenvalue weighted by molar-refractivity contribution is -0.139. The fourth-order valence-electron chi connectivity index (χ4n) is 2.31. The van der Waals surface area contributed by atoms with Crippen LogP contribution in [-0.4, -0.2) is 30.6 Å². The highest BCUT2D eigenvalue weighted by molar-refractivity contribution is 6.31. The maximum Gasteiger partial charge on any atom is 0.338 e. The lowest BCUT2D eigenvalue weighted by atomic mass is 9.94. The molecular weight excluding hydrogens is 311 g/mol. The van der Waals surface area contributed by atoms with Crippen molar-refractivity contribution in [3.63, 3.8) is 0 Å². The normalized spacial score (nSPS) is 18.3. The highest BCUT2D eigenvalue weighted by Gasteiger charge is 2.37. The van der Waals surface area contributed by atoms with Crippen molar-refractivity contribution < 1.29 is 18.7 Å². The summed E-state index contributed by atoms with van der Waals surface area (Å²) in [6, 6.07) is 2.75. The monoisotopic (exact) mass is 326 g/mol. The Labute approximate surface area is 132 Å². The van der Waals surface area contributed by atoms with E-state index in [1.54, 1.807) is 13.8 Å². The topological polar surface area (TPSA) is 58.6 Å². The Hall–Kier alpha value is -2.08. The molecular formula is C15H16ClFN2O3. The first kappa shape index (κ1) is 16.3. The molecule has 0 bridgehead atoms. The summed E-state index contributed by atoms with van der Waals surface area (Å²) in [6.07, 6.45) is 0. The van der Waals surface area contributed by atoms with Gasteiger partial charge in [-0.3, -0.25) is 0 Å². The van der Waals surface area contributed by atoms with Crippen LogP contribution in [0, 0.1) is 5.82 Å². The van der Waals surface area contributed by atoms with Crippen LogP contribution in [-0.2, 0) is 9.53 Å². The van der Waals surface area contributed by atoms with Gasteiger partial charge in [-0.2, -0.15) is 0 Å². The number of hydrogen-bond acceptors (Lipinski definition) is 3. The minimum atomic E-state index is -0.989. The molecule has 2 rings (SSSR count). The van der Waals surface area contributed by atoms with Crippen LogP contribution in [0.1, 0.15) is 25.5 Å². The maximum absolute atomic E-state index is 14.2. The first-order chi connectivity index (χ1) is 10.4. The molecule has 0 unspecified atom stereocenters. The molecule has 1 heterocycles. The van der Waals surface area contributed by atoms with E-state index in [0.717, 1.165) is 0 Å².